The van der Waals surface area contributed by atoms with Crippen molar-refractivity contribution in [2.75, 3.05) is 0 Å². The number of carbonyl (C=O) groups excluding carboxylic acids is 1. The summed E-state index contributed by atoms with van der Waals surface area (Å²) in [4.78, 5) is 17.4. The van der Waals surface area contributed by atoms with Crippen molar-refractivity contribution in [1.29, 1.82) is 0 Å². The lowest BCUT2D eigenvalue weighted by Gasteiger charge is -2.09. The van der Waals surface area contributed by atoms with Crippen LogP contribution in [0.3, 0.4) is 0 Å². The number of aryl methyl sites for hydroxylation is 2. The van der Waals surface area contributed by atoms with Crippen LogP contribution < -0.4 is 5.32 Å². The van der Waals surface area contributed by atoms with Crippen molar-refractivity contribution in [2.24, 2.45) is 0 Å². The Balaban J connectivity index is 1.71. The Morgan fingerprint density at radius 2 is 2.04 bits per heavy atom. The lowest BCUT2D eigenvalue weighted by molar-refractivity contribution is 0.0951. The molecule has 0 aliphatic rings. The number of carbonyl (C=O) groups is 1. The van der Waals surface area contributed by atoms with Gasteiger partial charge in [-0.1, -0.05) is 5.16 Å². The zero-order chi connectivity index (χ0) is 19.7. The molecule has 1 amide bonds. The van der Waals surface area contributed by atoms with Gasteiger partial charge in [-0.05, 0) is 50.2 Å². The highest BCUT2D eigenvalue weighted by atomic mass is 19.1. The molecule has 0 aliphatic heterocycles. The van der Waals surface area contributed by atoms with Crippen LogP contribution in [-0.2, 0) is 13.1 Å². The second kappa shape index (κ2) is 7.22. The zero-order valence-electron chi connectivity index (χ0n) is 15.4. The zero-order valence-corrected chi connectivity index (χ0v) is 15.4. The third-order valence-electron chi connectivity index (χ3n) is 4.54. The fraction of sp³-hybridized carbons (Fsp3) is 0.200. The number of amides is 1. The molecule has 8 heteroatoms. The van der Waals surface area contributed by atoms with E-state index >= 15 is 0 Å². The van der Waals surface area contributed by atoms with Crippen LogP contribution >= 0.6 is 0 Å². The van der Waals surface area contributed by atoms with Crippen molar-refractivity contribution in [2.45, 2.75) is 26.9 Å². The summed E-state index contributed by atoms with van der Waals surface area (Å²) in [5.41, 5.74) is 3.34. The Bertz CT molecular complexity index is 1150. The van der Waals surface area contributed by atoms with Gasteiger partial charge in [0.2, 0.25) is 0 Å². The summed E-state index contributed by atoms with van der Waals surface area (Å²) in [6, 6.07) is 9.44. The fourth-order valence-electron chi connectivity index (χ4n) is 3.10. The maximum absolute atomic E-state index is 13.2. The second-order valence-electron chi connectivity index (χ2n) is 6.33. The van der Waals surface area contributed by atoms with Gasteiger partial charge in [-0.3, -0.25) is 9.48 Å². The molecule has 0 spiro atoms. The summed E-state index contributed by atoms with van der Waals surface area (Å²) in [6.45, 7) is 4.80. The summed E-state index contributed by atoms with van der Waals surface area (Å²) < 4.78 is 20.3. The van der Waals surface area contributed by atoms with E-state index in [4.69, 9.17) is 4.52 Å². The quantitative estimate of drug-likeness (QED) is 0.574. The molecule has 3 heterocycles. The molecule has 0 atom stereocenters. The van der Waals surface area contributed by atoms with Crippen LogP contribution in [0.5, 0.6) is 0 Å². The number of rotatable bonds is 5. The summed E-state index contributed by atoms with van der Waals surface area (Å²) in [7, 11) is 0. The molecular weight excluding hydrogens is 361 g/mol. The predicted molar refractivity (Wildman–Crippen MR) is 101 cm³/mol. The molecule has 1 N–H and O–H groups in total. The number of hydrogen-bond acceptors (Lipinski definition) is 5. The highest BCUT2D eigenvalue weighted by Crippen LogP contribution is 2.27. The van der Waals surface area contributed by atoms with Crippen LogP contribution in [0.1, 0.15) is 28.7 Å². The molecule has 4 aromatic rings. The first kappa shape index (κ1) is 17.8. The first-order valence-corrected chi connectivity index (χ1v) is 8.88. The van der Waals surface area contributed by atoms with E-state index in [1.54, 1.807) is 31.3 Å². The third-order valence-corrected chi connectivity index (χ3v) is 4.54. The molecule has 0 fully saturated rings. The molecular formula is C20H18FN5O2. The molecule has 0 saturated carbocycles. The molecule has 4 rings (SSSR count). The van der Waals surface area contributed by atoms with E-state index in [0.717, 1.165) is 12.2 Å². The monoisotopic (exact) mass is 379 g/mol. The SMILES string of the molecule is CCn1nccc1CNC(=O)c1cc(-c2ccc(F)cc2)nc2onc(C)c12. The fourth-order valence-corrected chi connectivity index (χ4v) is 3.10. The normalized spacial score (nSPS) is 11.1. The van der Waals surface area contributed by atoms with Crippen LogP contribution in [-0.4, -0.2) is 25.8 Å². The van der Waals surface area contributed by atoms with E-state index in [2.05, 4.69) is 20.6 Å². The Kier molecular flexibility index (Phi) is 4.60. The second-order valence-corrected chi connectivity index (χ2v) is 6.33. The summed E-state index contributed by atoms with van der Waals surface area (Å²) in [5, 5.41) is 11.6. The molecule has 0 saturated heterocycles. The largest absolute Gasteiger partial charge is 0.346 e. The van der Waals surface area contributed by atoms with Crippen molar-refractivity contribution < 1.29 is 13.7 Å². The van der Waals surface area contributed by atoms with E-state index < -0.39 is 0 Å². The van der Waals surface area contributed by atoms with Gasteiger partial charge in [0.15, 0.2) is 0 Å². The standard InChI is InChI=1S/C20H18FN5O2/c1-3-26-15(8-9-23-26)11-22-19(27)16-10-17(13-4-6-14(21)7-5-13)24-20-18(16)12(2)25-28-20/h4-10H,3,11H2,1-2H3,(H,22,27). The van der Waals surface area contributed by atoms with Crippen molar-refractivity contribution in [1.82, 2.24) is 25.2 Å². The maximum Gasteiger partial charge on any atom is 0.259 e. The van der Waals surface area contributed by atoms with Gasteiger partial charge in [-0.2, -0.15) is 5.10 Å². The van der Waals surface area contributed by atoms with Crippen LogP contribution in [0.4, 0.5) is 4.39 Å². The van der Waals surface area contributed by atoms with E-state index in [0.29, 0.717) is 34.4 Å². The minimum absolute atomic E-state index is 0.267. The number of benzene rings is 1. The Hall–Kier alpha value is -3.55. The number of fused-ring (bicyclic) bond motifs is 1. The van der Waals surface area contributed by atoms with Gasteiger partial charge < -0.3 is 9.84 Å². The van der Waals surface area contributed by atoms with Crippen molar-refractivity contribution in [3.05, 3.63) is 65.4 Å². The first-order valence-electron chi connectivity index (χ1n) is 8.88. The van der Waals surface area contributed by atoms with Gasteiger partial charge in [0.1, 0.15) is 5.82 Å². The molecule has 0 unspecified atom stereocenters. The van der Waals surface area contributed by atoms with Crippen molar-refractivity contribution >= 4 is 17.0 Å². The van der Waals surface area contributed by atoms with Crippen molar-refractivity contribution in [3.8, 4) is 11.3 Å². The Morgan fingerprint density at radius 1 is 1.25 bits per heavy atom. The number of halogens is 1. The average Bonchev–Trinajstić information content (AvgIpc) is 3.32. The lowest BCUT2D eigenvalue weighted by Crippen LogP contribution is -2.24. The maximum atomic E-state index is 13.2. The van der Waals surface area contributed by atoms with Crippen LogP contribution in [0.2, 0.25) is 0 Å². The topological polar surface area (TPSA) is 85.8 Å². The van der Waals surface area contributed by atoms with Gasteiger partial charge in [-0.25, -0.2) is 9.37 Å². The number of nitrogens with zero attached hydrogens (tertiary/aromatic N) is 4. The number of aromatic nitrogens is 4. The average molecular weight is 379 g/mol. The first-order chi connectivity index (χ1) is 13.6. The molecule has 0 aliphatic carbocycles. The van der Waals surface area contributed by atoms with E-state index in [-0.39, 0.29) is 17.4 Å². The molecule has 28 heavy (non-hydrogen) atoms. The van der Waals surface area contributed by atoms with Gasteiger partial charge >= 0.3 is 0 Å². The van der Waals surface area contributed by atoms with Gasteiger partial charge in [0.25, 0.3) is 11.6 Å². The van der Waals surface area contributed by atoms with Gasteiger partial charge in [0.05, 0.1) is 34.6 Å². The van der Waals surface area contributed by atoms with Gasteiger partial charge in [0, 0.05) is 18.3 Å². The molecule has 1 aromatic carbocycles. The highest BCUT2D eigenvalue weighted by molar-refractivity contribution is 6.06. The molecule has 7 nitrogen and oxygen atoms in total. The lowest BCUT2D eigenvalue weighted by atomic mass is 10.0. The predicted octanol–water partition coefficient (Wildman–Crippen LogP) is 3.48. The summed E-state index contributed by atoms with van der Waals surface area (Å²) in [5.74, 6) is -0.614. The van der Waals surface area contributed by atoms with Crippen LogP contribution in [0, 0.1) is 12.7 Å². The number of hydrogen-bond donors (Lipinski definition) is 1. The van der Waals surface area contributed by atoms with Gasteiger partial charge in [-0.15, -0.1) is 0 Å². The van der Waals surface area contributed by atoms with E-state index in [9.17, 15) is 9.18 Å². The van der Waals surface area contributed by atoms with E-state index in [1.807, 2.05) is 17.7 Å². The summed E-state index contributed by atoms with van der Waals surface area (Å²) >= 11 is 0. The van der Waals surface area contributed by atoms with E-state index in [1.165, 1.54) is 12.1 Å². The molecule has 142 valence electrons. The minimum Gasteiger partial charge on any atom is -0.346 e. The highest BCUT2D eigenvalue weighted by Gasteiger charge is 2.19. The molecule has 3 aromatic heterocycles. The minimum atomic E-state index is -0.342. The number of nitrogens with one attached hydrogen (secondary N) is 1. The Labute approximate surface area is 160 Å². The molecule has 0 bridgehead atoms. The molecule has 0 radical (unpaired) electrons. The van der Waals surface area contributed by atoms with Crippen LogP contribution in [0.15, 0.2) is 47.1 Å². The summed E-state index contributed by atoms with van der Waals surface area (Å²) in [6.07, 6.45) is 1.70. The van der Waals surface area contributed by atoms with Crippen molar-refractivity contribution in [3.63, 3.8) is 0 Å². The Morgan fingerprint density at radius 3 is 2.79 bits per heavy atom. The third kappa shape index (κ3) is 3.24. The number of pyridine rings is 1. The smallest absolute Gasteiger partial charge is 0.259 e. The van der Waals surface area contributed by atoms with Crippen LogP contribution in [0.25, 0.3) is 22.4 Å².